The Morgan fingerprint density at radius 2 is 1.10 bits per heavy atom. The van der Waals surface area contributed by atoms with Gasteiger partial charge in [0.1, 0.15) is 23.0 Å². The van der Waals surface area contributed by atoms with E-state index in [4.69, 9.17) is 41.5 Å². The van der Waals surface area contributed by atoms with Crippen LogP contribution in [0, 0.1) is 27.7 Å². The molecule has 3 atom stereocenters. The molecule has 2 saturated heterocycles. The number of sulfonamides is 1. The molecule has 6 rings (SSSR count). The van der Waals surface area contributed by atoms with Crippen LogP contribution in [0.15, 0.2) is 56.2 Å². The largest absolute Gasteiger partial charge is 0.466 e. The minimum Gasteiger partial charge on any atom is -0.466 e. The highest BCUT2D eigenvalue weighted by atomic mass is 35.5. The fourth-order valence-corrected chi connectivity index (χ4v) is 12.2. The lowest BCUT2D eigenvalue weighted by Gasteiger charge is -2.23. The molecule has 2 aliphatic heterocycles. The molecule has 0 spiro atoms. The highest BCUT2D eigenvalue weighted by Gasteiger charge is 2.55. The summed E-state index contributed by atoms with van der Waals surface area (Å²) in [5.74, 6) is -4.46. The molecule has 0 bridgehead atoms. The van der Waals surface area contributed by atoms with Crippen molar-refractivity contribution in [1.29, 1.82) is 0 Å². The number of imide groups is 2. The number of carbonyl (C=O) groups is 9. The molecular formula is C66H90Cl2N6O15S. The highest BCUT2D eigenvalue weighted by Crippen LogP contribution is 2.33. The van der Waals surface area contributed by atoms with Gasteiger partial charge in [-0.15, -0.1) is 0 Å². The molecule has 4 N–H and O–H groups in total. The number of anilines is 2. The third-order valence-corrected chi connectivity index (χ3v) is 17.9. The summed E-state index contributed by atoms with van der Waals surface area (Å²) in [6.07, 6.45) is 20.1. The van der Waals surface area contributed by atoms with Crippen molar-refractivity contribution in [1.82, 2.24) is 19.8 Å². The van der Waals surface area contributed by atoms with E-state index in [1.54, 1.807) is 27.7 Å². The first-order valence-corrected chi connectivity index (χ1v) is 33.8. The van der Waals surface area contributed by atoms with Crippen molar-refractivity contribution < 1.29 is 69.9 Å². The molecule has 0 aliphatic carbocycles. The number of unbranched alkanes of at least 4 members (excludes halogenated alkanes) is 18. The number of ketones is 2. The minimum absolute atomic E-state index is 0.0153. The van der Waals surface area contributed by atoms with E-state index >= 15 is 0 Å². The van der Waals surface area contributed by atoms with Crippen molar-refractivity contribution in [3.05, 3.63) is 97.8 Å². The zero-order chi connectivity index (χ0) is 66.5. The number of Topliss-reactive ketones (excluding diaryl/α,β-unsaturated/α-hetero) is 2. The van der Waals surface area contributed by atoms with Gasteiger partial charge in [0.15, 0.2) is 35.4 Å². The maximum Gasteiger partial charge on any atom is 0.418 e. The van der Waals surface area contributed by atoms with Crippen LogP contribution in [0.4, 0.5) is 21.0 Å². The molecule has 7 amide bonds. The minimum atomic E-state index is -3.96. The van der Waals surface area contributed by atoms with Gasteiger partial charge in [0.05, 0.1) is 37.4 Å². The van der Waals surface area contributed by atoms with Crippen LogP contribution >= 0.6 is 23.2 Å². The Morgan fingerprint density at radius 1 is 0.600 bits per heavy atom. The summed E-state index contributed by atoms with van der Waals surface area (Å²) < 4.78 is 50.0. The summed E-state index contributed by atoms with van der Waals surface area (Å²) in [7, 11) is -3.96. The molecule has 4 heterocycles. The second kappa shape index (κ2) is 35.1. The van der Waals surface area contributed by atoms with E-state index in [9.17, 15) is 51.6 Å². The number of nitrogens with one attached hydrogen (secondary N) is 4. The number of hydrogen-bond donors (Lipinski definition) is 4. The summed E-state index contributed by atoms with van der Waals surface area (Å²) in [6, 6.07) is 5.70. The highest BCUT2D eigenvalue weighted by molar-refractivity contribution is 7.89. The number of hydrogen-bond acceptors (Lipinski definition) is 15. The van der Waals surface area contributed by atoms with Gasteiger partial charge in [-0.25, -0.2) is 32.5 Å². The van der Waals surface area contributed by atoms with Crippen molar-refractivity contribution in [3.8, 4) is 0 Å². The van der Waals surface area contributed by atoms with Gasteiger partial charge in [-0.2, -0.15) is 0 Å². The van der Waals surface area contributed by atoms with Crippen LogP contribution in [0.5, 0.6) is 0 Å². The first-order valence-electron chi connectivity index (χ1n) is 31.5. The van der Waals surface area contributed by atoms with E-state index in [0.29, 0.717) is 46.3 Å². The summed E-state index contributed by atoms with van der Waals surface area (Å²) >= 11 is 12.7. The fraction of sp³-hybridized carbons (Fsp3) is 0.561. The van der Waals surface area contributed by atoms with Crippen molar-refractivity contribution in [2.45, 2.75) is 233 Å². The Morgan fingerprint density at radius 3 is 1.58 bits per heavy atom. The Hall–Kier alpha value is -6.88. The lowest BCUT2D eigenvalue weighted by atomic mass is 9.95. The number of ether oxygens (including phenoxy) is 2. The first kappa shape index (κ1) is 73.9. The summed E-state index contributed by atoms with van der Waals surface area (Å²) in [6.45, 7) is 17.4. The van der Waals surface area contributed by atoms with E-state index in [1.165, 1.54) is 154 Å². The lowest BCUT2D eigenvalue weighted by Crippen LogP contribution is -2.53. The summed E-state index contributed by atoms with van der Waals surface area (Å²) in [4.78, 5) is 120. The van der Waals surface area contributed by atoms with E-state index < -0.39 is 81.2 Å². The van der Waals surface area contributed by atoms with Crippen LogP contribution in [0.1, 0.15) is 230 Å². The Bertz CT molecular complexity index is 3320. The van der Waals surface area contributed by atoms with Gasteiger partial charge in [-0.05, 0) is 110 Å². The number of cyclic esters (lactones) is 2. The number of amides is 7. The Balaban J connectivity index is 0.000000329. The SMILES string of the molecule is CCCCCCCCCCCCNC(=O)c1ccc(Cl)c(NC(=O)C(C(=O)c2cc(C)oc2C)N2C(=O)OC(C)C2=O)c1.CCCCCCCCCCCCNS(=O)(=O)c1ccc(Cl)c(NC(=O)C(C(=O)c2c(C)oc(C)c2CC)N2C(=O)OC(C)(C)C2=O)c1. The van der Waals surface area contributed by atoms with Crippen LogP contribution in [0.3, 0.4) is 0 Å². The van der Waals surface area contributed by atoms with E-state index in [0.717, 1.165) is 38.5 Å². The van der Waals surface area contributed by atoms with Gasteiger partial charge in [0.25, 0.3) is 29.5 Å². The average molecular weight is 1310 g/mol. The summed E-state index contributed by atoms with van der Waals surface area (Å²) in [5, 5.41) is 7.97. The molecule has 2 aromatic carbocycles. The third-order valence-electron chi connectivity index (χ3n) is 15.8. The van der Waals surface area contributed by atoms with Crippen molar-refractivity contribution in [2.75, 3.05) is 23.7 Å². The molecule has 2 aromatic heterocycles. The van der Waals surface area contributed by atoms with E-state index in [2.05, 4.69) is 34.5 Å². The van der Waals surface area contributed by atoms with Gasteiger partial charge < -0.3 is 34.3 Å². The molecule has 0 radical (unpaired) electrons. The van der Waals surface area contributed by atoms with E-state index in [1.807, 2.05) is 0 Å². The van der Waals surface area contributed by atoms with Crippen molar-refractivity contribution >= 4 is 97.9 Å². The number of benzene rings is 2. The molecule has 0 saturated carbocycles. The molecule has 90 heavy (non-hydrogen) atoms. The van der Waals surface area contributed by atoms with Gasteiger partial charge >= 0.3 is 12.2 Å². The molecule has 494 valence electrons. The second-order valence-electron chi connectivity index (χ2n) is 23.4. The van der Waals surface area contributed by atoms with Crippen LogP contribution in [0.25, 0.3) is 0 Å². The monoisotopic (exact) mass is 1310 g/mol. The third kappa shape index (κ3) is 20.1. The molecule has 21 nitrogen and oxygen atoms in total. The molecule has 2 fully saturated rings. The number of rotatable bonds is 36. The van der Waals surface area contributed by atoms with E-state index in [-0.39, 0.29) is 67.0 Å². The van der Waals surface area contributed by atoms with Gasteiger partial charge in [0.2, 0.25) is 10.0 Å². The standard InChI is InChI=1S/C34H48ClN3O8S.C32H42ClN3O7/c1-7-9-10-11-12-13-14-15-16-17-20-36-47(43,44)24-18-19-26(35)27(21-24)37-31(40)29(38-32(41)34(5,6)46-33(38)42)30(39)28-23(4)45-22(3)25(28)8-2;1-5-6-7-8-9-10-11-12-13-14-17-34-29(38)23-15-16-25(33)26(19-23)35-30(39)27(36-31(40)22(4)43-32(36)41)28(37)24-18-20(2)42-21(24)3/h18-19,21,29,36H,7-17,20H2,1-6H3,(H,37,40);15-16,18-19,22,27H,5-14,17H2,1-4H3,(H,34,38)(H,35,39). The average Bonchev–Trinajstić information content (AvgIpc) is 1.74. The number of nitrogens with zero attached hydrogens (tertiary/aromatic N) is 2. The smallest absolute Gasteiger partial charge is 0.418 e. The molecule has 24 heteroatoms. The molecule has 4 aromatic rings. The maximum atomic E-state index is 14.0. The first-order chi connectivity index (χ1) is 42.7. The van der Waals surface area contributed by atoms with Gasteiger partial charge in [0, 0.05) is 24.2 Å². The quantitative estimate of drug-likeness (QED) is 0.0187. The molecule has 2 aliphatic rings. The number of aryl methyl sites for hydroxylation is 4. The van der Waals surface area contributed by atoms with Crippen molar-refractivity contribution in [3.63, 3.8) is 0 Å². The number of halogens is 2. The fourth-order valence-electron chi connectivity index (χ4n) is 10.8. The summed E-state index contributed by atoms with van der Waals surface area (Å²) in [5.41, 5.74) is -0.782. The van der Waals surface area contributed by atoms with Crippen LogP contribution < -0.4 is 20.7 Å². The van der Waals surface area contributed by atoms with Gasteiger partial charge in [-0.1, -0.05) is 160 Å². The molecular weight excluding hydrogens is 1220 g/mol. The topological polar surface area (TPSA) is 287 Å². The lowest BCUT2D eigenvalue weighted by molar-refractivity contribution is -0.137. The molecule has 3 unspecified atom stereocenters. The Kier molecular flexibility index (Phi) is 28.8. The Labute approximate surface area is 539 Å². The van der Waals surface area contributed by atoms with Crippen molar-refractivity contribution in [2.24, 2.45) is 0 Å². The predicted octanol–water partition coefficient (Wildman–Crippen LogP) is 14.0. The second-order valence-corrected chi connectivity index (χ2v) is 26.0. The zero-order valence-electron chi connectivity index (χ0n) is 53.7. The van der Waals surface area contributed by atoms with Crippen LogP contribution in [-0.2, 0) is 45.1 Å². The predicted molar refractivity (Wildman–Crippen MR) is 344 cm³/mol. The zero-order valence-corrected chi connectivity index (χ0v) is 56.0. The maximum absolute atomic E-state index is 14.0. The van der Waals surface area contributed by atoms with Crippen LogP contribution in [0.2, 0.25) is 10.0 Å². The number of furan rings is 2. The number of carbonyl (C=O) groups excluding carboxylic acids is 9. The van der Waals surface area contributed by atoms with Crippen LogP contribution in [-0.4, -0.2) is 108 Å². The normalized spacial score (nSPS) is 15.3. The van der Waals surface area contributed by atoms with Gasteiger partial charge in [-0.3, -0.25) is 33.6 Å².